The highest BCUT2D eigenvalue weighted by Gasteiger charge is 2.41. The zero-order valence-electron chi connectivity index (χ0n) is 8.86. The summed E-state index contributed by atoms with van der Waals surface area (Å²) in [7, 11) is 0. The largest absolute Gasteiger partial charge is 0.479 e. The van der Waals surface area contributed by atoms with Gasteiger partial charge in [0.25, 0.3) is 0 Å². The second-order valence-corrected chi connectivity index (χ2v) is 3.48. The second kappa shape index (κ2) is 4.70. The lowest BCUT2D eigenvalue weighted by molar-refractivity contribution is -0.212. The minimum absolute atomic E-state index is 0.0525. The van der Waals surface area contributed by atoms with Crippen molar-refractivity contribution < 1.29 is 27.8 Å². The van der Waals surface area contributed by atoms with Crippen LogP contribution in [0.25, 0.3) is 0 Å². The second-order valence-electron chi connectivity index (χ2n) is 3.48. The maximum atomic E-state index is 12.0. The van der Waals surface area contributed by atoms with Crippen molar-refractivity contribution in [2.75, 3.05) is 6.61 Å². The molecule has 1 N–H and O–H groups in total. The Morgan fingerprint density at radius 3 is 2.59 bits per heavy atom. The minimum Gasteiger partial charge on any atom is -0.479 e. The van der Waals surface area contributed by atoms with Crippen LogP contribution < -0.4 is 0 Å². The predicted octanol–water partition coefficient (Wildman–Crippen LogP) is 1.96. The van der Waals surface area contributed by atoms with E-state index in [0.717, 1.165) is 13.1 Å². The number of hydrogen-bond acceptors (Lipinski definition) is 3. The zero-order chi connectivity index (χ0) is 13.1. The highest BCUT2D eigenvalue weighted by atomic mass is 19.4. The molecule has 1 aromatic heterocycles. The number of hydrogen-bond donors (Lipinski definition) is 1. The fourth-order valence-corrected chi connectivity index (χ4v) is 1.14. The Kier molecular flexibility index (Phi) is 3.72. The van der Waals surface area contributed by atoms with Gasteiger partial charge in [-0.25, -0.2) is 4.79 Å². The van der Waals surface area contributed by atoms with Gasteiger partial charge in [0.05, 0.1) is 0 Å². The van der Waals surface area contributed by atoms with Crippen LogP contribution in [0.4, 0.5) is 13.2 Å². The van der Waals surface area contributed by atoms with Crippen molar-refractivity contribution in [3.05, 3.63) is 30.1 Å². The highest BCUT2D eigenvalue weighted by molar-refractivity contribution is 5.78. The molecule has 0 saturated carbocycles. The molecule has 4 nitrogen and oxygen atoms in total. The van der Waals surface area contributed by atoms with Crippen LogP contribution in [0.1, 0.15) is 12.5 Å². The van der Waals surface area contributed by atoms with E-state index in [1.54, 1.807) is 0 Å². The molecule has 1 rings (SSSR count). The van der Waals surface area contributed by atoms with Gasteiger partial charge in [0.15, 0.2) is 5.60 Å². The monoisotopic (exact) mass is 249 g/mol. The molecule has 0 aromatic carbocycles. The van der Waals surface area contributed by atoms with Gasteiger partial charge in [0, 0.05) is 18.0 Å². The van der Waals surface area contributed by atoms with Gasteiger partial charge in [0.1, 0.15) is 6.61 Å². The van der Waals surface area contributed by atoms with Gasteiger partial charge in [-0.05, 0) is 13.0 Å². The topological polar surface area (TPSA) is 59.4 Å². The molecular weight excluding hydrogens is 239 g/mol. The lowest BCUT2D eigenvalue weighted by Crippen LogP contribution is -2.38. The smallest absolute Gasteiger partial charge is 0.411 e. The number of carboxylic acids is 1. The first-order valence-electron chi connectivity index (χ1n) is 4.60. The fraction of sp³-hybridized carbons (Fsp3) is 0.400. The molecular formula is C10H10F3NO3. The summed E-state index contributed by atoms with van der Waals surface area (Å²) in [6.45, 7) is -0.581. The Labute approximate surface area is 95.0 Å². The molecule has 0 spiro atoms. The molecule has 0 aliphatic heterocycles. The molecule has 1 aromatic rings. The van der Waals surface area contributed by atoms with Crippen LogP contribution in [0.2, 0.25) is 0 Å². The summed E-state index contributed by atoms with van der Waals surface area (Å²) in [5.74, 6) is -1.50. The Morgan fingerprint density at radius 1 is 1.53 bits per heavy atom. The van der Waals surface area contributed by atoms with Crippen LogP contribution in [0.5, 0.6) is 0 Å². The van der Waals surface area contributed by atoms with Gasteiger partial charge < -0.3 is 9.84 Å². The molecule has 0 fully saturated rings. The summed E-state index contributed by atoms with van der Waals surface area (Å²) in [5.41, 5.74) is -2.01. The molecule has 0 saturated heterocycles. The first-order chi connectivity index (χ1) is 7.76. The summed E-state index contributed by atoms with van der Waals surface area (Å²) in [5, 5.41) is 8.96. The van der Waals surface area contributed by atoms with Crippen LogP contribution >= 0.6 is 0 Å². The summed E-state index contributed by atoms with van der Waals surface area (Å²) < 4.78 is 40.6. The number of aromatic nitrogens is 1. The summed E-state index contributed by atoms with van der Waals surface area (Å²) in [6, 6.07) is 2.77. The number of pyridine rings is 1. The van der Waals surface area contributed by atoms with Gasteiger partial charge in [-0.15, -0.1) is 0 Å². The van der Waals surface area contributed by atoms with E-state index in [9.17, 15) is 18.0 Å². The SMILES string of the molecule is CC(OCC(F)(F)F)(C(=O)O)c1cccnc1. The van der Waals surface area contributed by atoms with E-state index in [0.29, 0.717) is 0 Å². The Bertz CT molecular complexity index is 394. The number of nitrogens with zero attached hydrogens (tertiary/aromatic N) is 1. The average molecular weight is 249 g/mol. The van der Waals surface area contributed by atoms with Gasteiger partial charge in [-0.2, -0.15) is 13.2 Å². The van der Waals surface area contributed by atoms with Crippen LogP contribution in [0, 0.1) is 0 Å². The van der Waals surface area contributed by atoms with E-state index in [2.05, 4.69) is 9.72 Å². The van der Waals surface area contributed by atoms with Crippen molar-refractivity contribution in [2.45, 2.75) is 18.7 Å². The Morgan fingerprint density at radius 2 is 2.18 bits per heavy atom. The third-order valence-electron chi connectivity index (χ3n) is 2.15. The number of rotatable bonds is 4. The van der Waals surface area contributed by atoms with E-state index < -0.39 is 24.4 Å². The molecule has 0 aliphatic rings. The Hall–Kier alpha value is -1.63. The minimum atomic E-state index is -4.58. The van der Waals surface area contributed by atoms with E-state index in [-0.39, 0.29) is 5.56 Å². The number of halogens is 3. The lowest BCUT2D eigenvalue weighted by Gasteiger charge is -2.25. The Balaban J connectivity index is 2.95. The van der Waals surface area contributed by atoms with Crippen molar-refractivity contribution >= 4 is 5.97 Å². The lowest BCUT2D eigenvalue weighted by atomic mass is 9.98. The molecule has 0 radical (unpaired) electrons. The van der Waals surface area contributed by atoms with Gasteiger partial charge in [0.2, 0.25) is 0 Å². The molecule has 94 valence electrons. The number of aliphatic carboxylic acids is 1. The third kappa shape index (κ3) is 3.42. The maximum absolute atomic E-state index is 12.0. The van der Waals surface area contributed by atoms with E-state index >= 15 is 0 Å². The molecule has 1 atom stereocenters. The van der Waals surface area contributed by atoms with Crippen molar-refractivity contribution in [3.8, 4) is 0 Å². The molecule has 7 heteroatoms. The summed E-state index contributed by atoms with van der Waals surface area (Å²) in [6.07, 6.45) is -2.04. The fourth-order valence-electron chi connectivity index (χ4n) is 1.14. The van der Waals surface area contributed by atoms with Gasteiger partial charge in [-0.1, -0.05) is 6.07 Å². The third-order valence-corrected chi connectivity index (χ3v) is 2.15. The van der Waals surface area contributed by atoms with Gasteiger partial charge in [-0.3, -0.25) is 4.98 Å². The van der Waals surface area contributed by atoms with Crippen molar-refractivity contribution in [3.63, 3.8) is 0 Å². The van der Waals surface area contributed by atoms with Crippen LogP contribution in [-0.4, -0.2) is 28.8 Å². The number of alkyl halides is 3. The van der Waals surface area contributed by atoms with Gasteiger partial charge >= 0.3 is 12.1 Å². The van der Waals surface area contributed by atoms with Crippen molar-refractivity contribution in [1.82, 2.24) is 4.98 Å². The molecule has 17 heavy (non-hydrogen) atoms. The van der Waals surface area contributed by atoms with Crippen LogP contribution in [0.3, 0.4) is 0 Å². The molecule has 0 aliphatic carbocycles. The molecule has 0 bridgehead atoms. The average Bonchev–Trinajstić information content (AvgIpc) is 2.26. The van der Waals surface area contributed by atoms with Crippen LogP contribution in [-0.2, 0) is 15.1 Å². The van der Waals surface area contributed by atoms with Crippen LogP contribution in [0.15, 0.2) is 24.5 Å². The standard InChI is InChI=1S/C10H10F3NO3/c1-9(8(15)16,17-6-10(11,12)13)7-3-2-4-14-5-7/h2-5H,6H2,1H3,(H,15,16). The molecule has 1 unspecified atom stereocenters. The molecule has 1 heterocycles. The molecule has 0 amide bonds. The zero-order valence-corrected chi connectivity index (χ0v) is 8.86. The van der Waals surface area contributed by atoms with Crippen molar-refractivity contribution in [2.24, 2.45) is 0 Å². The quantitative estimate of drug-likeness (QED) is 0.886. The maximum Gasteiger partial charge on any atom is 0.411 e. The first-order valence-corrected chi connectivity index (χ1v) is 4.60. The predicted molar refractivity (Wildman–Crippen MR) is 51.2 cm³/mol. The van der Waals surface area contributed by atoms with E-state index in [4.69, 9.17) is 5.11 Å². The number of ether oxygens (including phenoxy) is 1. The van der Waals surface area contributed by atoms with Crippen molar-refractivity contribution in [1.29, 1.82) is 0 Å². The number of carboxylic acid groups (broad SMARTS) is 1. The van der Waals surface area contributed by atoms with E-state index in [1.807, 2.05) is 0 Å². The normalized spacial score (nSPS) is 15.3. The first kappa shape index (κ1) is 13.4. The summed E-state index contributed by atoms with van der Waals surface area (Å²) >= 11 is 0. The van der Waals surface area contributed by atoms with E-state index in [1.165, 1.54) is 18.3 Å². The summed E-state index contributed by atoms with van der Waals surface area (Å²) in [4.78, 5) is 14.7. The number of carbonyl (C=O) groups is 1. The highest BCUT2D eigenvalue weighted by Crippen LogP contribution is 2.28.